The minimum Gasteiger partial charge on any atom is -0.398 e. The van der Waals surface area contributed by atoms with E-state index in [1.165, 1.54) is 24.3 Å². The molecule has 0 aliphatic heterocycles. The summed E-state index contributed by atoms with van der Waals surface area (Å²) in [6, 6.07) is 8.45. The van der Waals surface area contributed by atoms with Crippen LogP contribution in [0.3, 0.4) is 0 Å². The van der Waals surface area contributed by atoms with Crippen LogP contribution in [0.4, 0.5) is 14.5 Å². The molecule has 0 bridgehead atoms. The van der Waals surface area contributed by atoms with E-state index in [4.69, 9.17) is 11.1 Å². The summed E-state index contributed by atoms with van der Waals surface area (Å²) in [5, 5.41) is 14.8. The molecule has 1 aromatic heterocycles. The minimum atomic E-state index is -0.560. The lowest BCUT2D eigenvalue weighted by Gasteiger charge is -2.07. The largest absolute Gasteiger partial charge is 0.398 e. The first-order chi connectivity index (χ1) is 11.9. The number of halogens is 2. The molecule has 0 spiro atoms. The first kappa shape index (κ1) is 16.5. The van der Waals surface area contributed by atoms with Gasteiger partial charge in [-0.3, -0.25) is 5.10 Å². The Balaban J connectivity index is 1.93. The van der Waals surface area contributed by atoms with Gasteiger partial charge >= 0.3 is 0 Å². The number of nitrogens with two attached hydrogens (primary N) is 1. The maximum absolute atomic E-state index is 14.2. The number of H-pyrrole nitrogens is 1. The molecule has 0 unspecified atom stereocenters. The molecule has 0 fully saturated rings. The quantitative estimate of drug-likeness (QED) is 0.500. The molecule has 0 amide bonds. The molecule has 3 aromatic rings. The van der Waals surface area contributed by atoms with E-state index in [9.17, 15) is 8.78 Å². The lowest BCUT2D eigenvalue weighted by molar-refractivity contribution is 0.627. The van der Waals surface area contributed by atoms with Gasteiger partial charge < -0.3 is 11.1 Å². The Labute approximate surface area is 142 Å². The van der Waals surface area contributed by atoms with Gasteiger partial charge in [-0.25, -0.2) is 13.8 Å². The van der Waals surface area contributed by atoms with Crippen molar-refractivity contribution in [2.24, 2.45) is 0 Å². The molecular formula is C18H15F2N5. The lowest BCUT2D eigenvalue weighted by Crippen LogP contribution is -2.03. The summed E-state index contributed by atoms with van der Waals surface area (Å²) >= 11 is 0. The van der Waals surface area contributed by atoms with E-state index in [2.05, 4.69) is 15.2 Å². The Morgan fingerprint density at radius 3 is 2.56 bits per heavy atom. The van der Waals surface area contributed by atoms with E-state index in [0.29, 0.717) is 11.4 Å². The third-order valence-corrected chi connectivity index (χ3v) is 3.58. The van der Waals surface area contributed by atoms with Gasteiger partial charge in [-0.2, -0.15) is 5.10 Å². The van der Waals surface area contributed by atoms with E-state index in [1.54, 1.807) is 25.1 Å². The number of rotatable bonds is 4. The van der Waals surface area contributed by atoms with Crippen molar-refractivity contribution in [3.63, 3.8) is 0 Å². The topological polar surface area (TPSA) is 91.4 Å². The minimum absolute atomic E-state index is 0.0929. The van der Waals surface area contributed by atoms with Crippen LogP contribution in [-0.4, -0.2) is 20.9 Å². The fourth-order valence-electron chi connectivity index (χ4n) is 2.30. The van der Waals surface area contributed by atoms with Crippen molar-refractivity contribution >= 4 is 17.5 Å². The molecule has 2 aromatic carbocycles. The molecule has 0 atom stereocenters. The Bertz CT molecular complexity index is 958. The highest BCUT2D eigenvalue weighted by molar-refractivity contribution is 6.12. The monoisotopic (exact) mass is 339 g/mol. The predicted octanol–water partition coefficient (Wildman–Crippen LogP) is 3.72. The molecule has 0 saturated carbocycles. The first-order valence-corrected chi connectivity index (χ1v) is 7.45. The van der Waals surface area contributed by atoms with Crippen molar-refractivity contribution in [1.82, 2.24) is 15.2 Å². The zero-order valence-electron chi connectivity index (χ0n) is 13.3. The molecule has 5 nitrogen and oxygen atoms in total. The molecule has 0 saturated heterocycles. The maximum atomic E-state index is 14.2. The van der Waals surface area contributed by atoms with Gasteiger partial charge in [0.25, 0.3) is 0 Å². The van der Waals surface area contributed by atoms with Crippen LogP contribution in [-0.2, 0) is 0 Å². The summed E-state index contributed by atoms with van der Waals surface area (Å²) in [4.78, 5) is 4.10. The van der Waals surface area contributed by atoms with Gasteiger partial charge in [0.15, 0.2) is 5.82 Å². The van der Waals surface area contributed by atoms with Crippen molar-refractivity contribution in [2.45, 2.75) is 6.92 Å². The van der Waals surface area contributed by atoms with Crippen molar-refractivity contribution < 1.29 is 8.78 Å². The number of nitrogen functional groups attached to an aromatic ring is 1. The van der Waals surface area contributed by atoms with Crippen LogP contribution in [0.15, 0.2) is 42.5 Å². The molecule has 126 valence electrons. The second-order valence-corrected chi connectivity index (χ2v) is 5.46. The third-order valence-electron chi connectivity index (χ3n) is 3.58. The third kappa shape index (κ3) is 3.60. The number of hydrogen-bond donors (Lipinski definition) is 3. The van der Waals surface area contributed by atoms with E-state index < -0.39 is 5.82 Å². The number of anilines is 1. The van der Waals surface area contributed by atoms with E-state index in [0.717, 1.165) is 11.6 Å². The highest BCUT2D eigenvalue weighted by Crippen LogP contribution is 2.25. The fourth-order valence-corrected chi connectivity index (χ4v) is 2.30. The Morgan fingerprint density at radius 2 is 1.92 bits per heavy atom. The number of nitrogens with zero attached hydrogens (tertiary/aromatic N) is 2. The summed E-state index contributed by atoms with van der Waals surface area (Å²) in [6.45, 7) is 1.71. The highest BCUT2D eigenvalue weighted by atomic mass is 19.1. The number of aromatic nitrogens is 3. The predicted molar refractivity (Wildman–Crippen MR) is 93.2 cm³/mol. The van der Waals surface area contributed by atoms with E-state index in [-0.39, 0.29) is 28.6 Å². The van der Waals surface area contributed by atoms with Crippen LogP contribution in [0, 0.1) is 24.0 Å². The Morgan fingerprint density at radius 1 is 1.20 bits per heavy atom. The Hall–Kier alpha value is -3.35. The van der Waals surface area contributed by atoms with Gasteiger partial charge in [0.2, 0.25) is 0 Å². The smallest absolute Gasteiger partial charge is 0.184 e. The summed E-state index contributed by atoms with van der Waals surface area (Å²) in [5.41, 5.74) is 7.34. The summed E-state index contributed by atoms with van der Waals surface area (Å²) in [6.07, 6.45) is 3.17. The van der Waals surface area contributed by atoms with Crippen LogP contribution in [0.25, 0.3) is 17.5 Å². The van der Waals surface area contributed by atoms with Crippen LogP contribution in [0.5, 0.6) is 0 Å². The molecule has 0 aliphatic rings. The van der Waals surface area contributed by atoms with Crippen molar-refractivity contribution in [3.05, 3.63) is 71.1 Å². The van der Waals surface area contributed by atoms with Gasteiger partial charge in [-0.1, -0.05) is 18.2 Å². The van der Waals surface area contributed by atoms with Crippen molar-refractivity contribution in [3.8, 4) is 11.4 Å². The van der Waals surface area contributed by atoms with Crippen LogP contribution >= 0.6 is 0 Å². The zero-order chi connectivity index (χ0) is 18.0. The van der Waals surface area contributed by atoms with Crippen LogP contribution in [0.1, 0.15) is 17.0 Å². The number of nitrogens with one attached hydrogen (secondary N) is 2. The number of allylic oxidation sites excluding steroid dienone is 1. The second kappa shape index (κ2) is 6.64. The molecular weight excluding hydrogens is 324 g/mol. The van der Waals surface area contributed by atoms with E-state index >= 15 is 0 Å². The molecule has 4 N–H and O–H groups in total. The zero-order valence-corrected chi connectivity index (χ0v) is 13.3. The average molecular weight is 339 g/mol. The van der Waals surface area contributed by atoms with Crippen LogP contribution in [0.2, 0.25) is 0 Å². The van der Waals surface area contributed by atoms with Crippen molar-refractivity contribution in [2.75, 3.05) is 5.73 Å². The number of aryl methyl sites for hydroxylation is 1. The summed E-state index contributed by atoms with van der Waals surface area (Å²) < 4.78 is 27.1. The molecule has 7 heteroatoms. The van der Waals surface area contributed by atoms with Crippen LogP contribution < -0.4 is 5.73 Å². The molecule has 3 rings (SSSR count). The number of hydrogen-bond acceptors (Lipinski definition) is 4. The fraction of sp³-hybridized carbons (Fsp3) is 0.0556. The maximum Gasteiger partial charge on any atom is 0.184 e. The first-order valence-electron chi connectivity index (χ1n) is 7.45. The Kier molecular flexibility index (Phi) is 4.38. The number of benzene rings is 2. The highest BCUT2D eigenvalue weighted by Gasteiger charge is 2.15. The van der Waals surface area contributed by atoms with Gasteiger partial charge in [-0.05, 0) is 42.8 Å². The van der Waals surface area contributed by atoms with E-state index in [1.807, 2.05) is 0 Å². The molecule has 25 heavy (non-hydrogen) atoms. The van der Waals surface area contributed by atoms with Crippen molar-refractivity contribution in [1.29, 1.82) is 5.41 Å². The SMILES string of the molecule is Cc1nc(-c2cc(C(=N)/C=C/c3ccc(F)cc3)c(N)cc2F)n[nH]1. The molecule has 0 aliphatic carbocycles. The second-order valence-electron chi connectivity index (χ2n) is 5.46. The molecule has 1 heterocycles. The normalized spacial score (nSPS) is 11.2. The standard InChI is InChI=1S/C18H15F2N5/c1-10-23-18(25-24-10)13-8-14(17(22)9-15(13)20)16(21)7-4-11-2-5-12(19)6-3-11/h2-9,21H,22H2,1H3,(H,23,24,25)/b7-4+,21-16?. The van der Waals surface area contributed by atoms with Gasteiger partial charge in [0, 0.05) is 11.3 Å². The average Bonchev–Trinajstić information content (AvgIpc) is 3.00. The lowest BCUT2D eigenvalue weighted by atomic mass is 10.0. The summed E-state index contributed by atoms with van der Waals surface area (Å²) in [7, 11) is 0. The van der Waals surface area contributed by atoms with Gasteiger partial charge in [-0.15, -0.1) is 0 Å². The number of aromatic amines is 1. The van der Waals surface area contributed by atoms with Gasteiger partial charge in [0.05, 0.1) is 11.3 Å². The molecule has 0 radical (unpaired) electrons. The summed E-state index contributed by atoms with van der Waals surface area (Å²) in [5.74, 6) is -0.136. The van der Waals surface area contributed by atoms with Gasteiger partial charge in [0.1, 0.15) is 17.5 Å².